The quantitative estimate of drug-likeness (QED) is 0.500. The summed E-state index contributed by atoms with van der Waals surface area (Å²) < 4.78 is 4.71. The van der Waals surface area contributed by atoms with Crippen LogP contribution >= 0.6 is 0 Å². The predicted octanol–water partition coefficient (Wildman–Crippen LogP) is -0.195. The molecule has 2 unspecified atom stereocenters. The van der Waals surface area contributed by atoms with Gasteiger partial charge in [-0.25, -0.2) is 0 Å². The summed E-state index contributed by atoms with van der Waals surface area (Å²) in [6.45, 7) is 6.51. The Balaban J connectivity index is 3.79. The number of aliphatic hydroxyl groups excluding tert-OH is 1. The fraction of sp³-hybridized carbons (Fsp3) is 0.833. The number of aliphatic hydroxyl groups is 1. The molecule has 0 bridgehead atoms. The van der Waals surface area contributed by atoms with Gasteiger partial charge in [0.15, 0.2) is 0 Å². The maximum Gasteiger partial charge on any atom is 0.308 e. The molecule has 0 saturated carbocycles. The van der Waals surface area contributed by atoms with E-state index in [2.05, 4.69) is 10.6 Å². The number of ether oxygens (including phenoxy) is 1. The van der Waals surface area contributed by atoms with Crippen molar-refractivity contribution < 1.29 is 19.4 Å². The molecule has 106 valence electrons. The van der Waals surface area contributed by atoms with Crippen LogP contribution in [0.2, 0.25) is 0 Å². The summed E-state index contributed by atoms with van der Waals surface area (Å²) in [5.41, 5.74) is 0. The van der Waals surface area contributed by atoms with Gasteiger partial charge in [0.05, 0.1) is 25.2 Å². The highest BCUT2D eigenvalue weighted by Gasteiger charge is 2.15. The molecule has 1 amide bonds. The van der Waals surface area contributed by atoms with Crippen molar-refractivity contribution in [2.45, 2.75) is 45.8 Å². The number of esters is 1. The van der Waals surface area contributed by atoms with Crippen molar-refractivity contribution in [3.8, 4) is 0 Å². The molecule has 18 heavy (non-hydrogen) atoms. The minimum Gasteiger partial charge on any atom is -0.466 e. The van der Waals surface area contributed by atoms with Gasteiger partial charge in [-0.3, -0.25) is 9.59 Å². The van der Waals surface area contributed by atoms with E-state index in [0.717, 1.165) is 6.42 Å². The van der Waals surface area contributed by atoms with Crippen LogP contribution in [0.4, 0.5) is 0 Å². The molecular weight excluding hydrogens is 236 g/mol. The van der Waals surface area contributed by atoms with Crippen LogP contribution in [0.3, 0.4) is 0 Å². The smallest absolute Gasteiger partial charge is 0.308 e. The van der Waals surface area contributed by atoms with Crippen molar-refractivity contribution in [2.24, 2.45) is 0 Å². The fourth-order valence-electron chi connectivity index (χ4n) is 1.29. The molecule has 0 radical (unpaired) electrons. The normalized spacial score (nSPS) is 13.8. The maximum absolute atomic E-state index is 11.5. The molecule has 0 aromatic carbocycles. The summed E-state index contributed by atoms with van der Waals surface area (Å²) >= 11 is 0. The lowest BCUT2D eigenvalue weighted by atomic mass is 10.2. The van der Waals surface area contributed by atoms with Crippen LogP contribution in [-0.4, -0.2) is 48.8 Å². The molecule has 0 aliphatic rings. The van der Waals surface area contributed by atoms with Gasteiger partial charge < -0.3 is 20.5 Å². The first-order valence-corrected chi connectivity index (χ1v) is 6.36. The Bertz CT molecular complexity index is 258. The summed E-state index contributed by atoms with van der Waals surface area (Å²) in [4.78, 5) is 22.6. The molecular formula is C12H24N2O4. The maximum atomic E-state index is 11.5. The van der Waals surface area contributed by atoms with E-state index in [4.69, 9.17) is 4.74 Å². The van der Waals surface area contributed by atoms with Gasteiger partial charge >= 0.3 is 5.97 Å². The Morgan fingerprint density at radius 3 is 2.56 bits per heavy atom. The molecule has 0 aromatic heterocycles. The number of amides is 1. The zero-order valence-corrected chi connectivity index (χ0v) is 11.4. The SMILES string of the molecule is CCCNC(=O)C(C)NCC(O)CC(=O)OCC. The second-order valence-electron chi connectivity index (χ2n) is 4.08. The van der Waals surface area contributed by atoms with Crippen LogP contribution in [0, 0.1) is 0 Å². The molecule has 0 saturated heterocycles. The van der Waals surface area contributed by atoms with E-state index in [1.165, 1.54) is 0 Å². The third kappa shape index (κ3) is 8.03. The van der Waals surface area contributed by atoms with Crippen molar-refractivity contribution in [3.05, 3.63) is 0 Å². The van der Waals surface area contributed by atoms with Gasteiger partial charge in [-0.2, -0.15) is 0 Å². The second-order valence-corrected chi connectivity index (χ2v) is 4.08. The lowest BCUT2D eigenvalue weighted by molar-refractivity contribution is -0.145. The lowest BCUT2D eigenvalue weighted by Gasteiger charge is -2.16. The van der Waals surface area contributed by atoms with E-state index in [1.807, 2.05) is 6.92 Å². The van der Waals surface area contributed by atoms with E-state index in [-0.39, 0.29) is 18.9 Å². The zero-order valence-electron chi connectivity index (χ0n) is 11.4. The Hall–Kier alpha value is -1.14. The average molecular weight is 260 g/mol. The number of nitrogens with one attached hydrogen (secondary N) is 2. The van der Waals surface area contributed by atoms with E-state index in [9.17, 15) is 14.7 Å². The van der Waals surface area contributed by atoms with Gasteiger partial charge in [0.25, 0.3) is 0 Å². The molecule has 0 spiro atoms. The van der Waals surface area contributed by atoms with Crippen molar-refractivity contribution in [1.82, 2.24) is 10.6 Å². The highest BCUT2D eigenvalue weighted by molar-refractivity contribution is 5.81. The standard InChI is InChI=1S/C12H24N2O4/c1-4-6-13-12(17)9(3)14-8-10(15)7-11(16)18-5-2/h9-10,14-15H,4-8H2,1-3H3,(H,13,17). The van der Waals surface area contributed by atoms with E-state index < -0.39 is 18.1 Å². The van der Waals surface area contributed by atoms with E-state index in [0.29, 0.717) is 13.2 Å². The number of carbonyl (C=O) groups excluding carboxylic acids is 2. The van der Waals surface area contributed by atoms with E-state index >= 15 is 0 Å². The molecule has 0 aliphatic heterocycles. The molecule has 0 rings (SSSR count). The van der Waals surface area contributed by atoms with Gasteiger partial charge in [-0.15, -0.1) is 0 Å². The average Bonchev–Trinajstić information content (AvgIpc) is 2.33. The first kappa shape index (κ1) is 16.9. The summed E-state index contributed by atoms with van der Waals surface area (Å²) in [6, 6.07) is -0.395. The highest BCUT2D eigenvalue weighted by Crippen LogP contribution is 1.94. The van der Waals surface area contributed by atoms with Crippen molar-refractivity contribution in [2.75, 3.05) is 19.7 Å². The molecule has 3 N–H and O–H groups in total. The second kappa shape index (κ2) is 9.85. The Kier molecular flexibility index (Phi) is 9.22. The van der Waals surface area contributed by atoms with Gasteiger partial charge in [0, 0.05) is 13.1 Å². The molecule has 6 nitrogen and oxygen atoms in total. The van der Waals surface area contributed by atoms with E-state index in [1.54, 1.807) is 13.8 Å². The van der Waals surface area contributed by atoms with Crippen LogP contribution < -0.4 is 10.6 Å². The third-order valence-corrected chi connectivity index (χ3v) is 2.31. The lowest BCUT2D eigenvalue weighted by Crippen LogP contribution is -2.45. The molecule has 0 aromatic rings. The zero-order chi connectivity index (χ0) is 14.0. The van der Waals surface area contributed by atoms with Crippen LogP contribution in [0.25, 0.3) is 0 Å². The highest BCUT2D eigenvalue weighted by atomic mass is 16.5. The van der Waals surface area contributed by atoms with Crippen LogP contribution in [-0.2, 0) is 14.3 Å². The Labute approximate surface area is 108 Å². The minimum absolute atomic E-state index is 0.0653. The molecule has 2 atom stereocenters. The Morgan fingerprint density at radius 1 is 1.33 bits per heavy atom. The monoisotopic (exact) mass is 260 g/mol. The largest absolute Gasteiger partial charge is 0.466 e. The predicted molar refractivity (Wildman–Crippen MR) is 68.0 cm³/mol. The van der Waals surface area contributed by atoms with Gasteiger partial charge in [0.2, 0.25) is 5.91 Å². The van der Waals surface area contributed by atoms with Crippen LogP contribution in [0.5, 0.6) is 0 Å². The molecule has 6 heteroatoms. The summed E-state index contributed by atoms with van der Waals surface area (Å²) in [7, 11) is 0. The van der Waals surface area contributed by atoms with Gasteiger partial charge in [0.1, 0.15) is 0 Å². The van der Waals surface area contributed by atoms with Gasteiger partial charge in [-0.1, -0.05) is 6.92 Å². The summed E-state index contributed by atoms with van der Waals surface area (Å²) in [5.74, 6) is -0.546. The van der Waals surface area contributed by atoms with Crippen LogP contribution in [0.15, 0.2) is 0 Å². The number of hydrogen-bond acceptors (Lipinski definition) is 5. The molecule has 0 aliphatic carbocycles. The molecule has 0 fully saturated rings. The summed E-state index contributed by atoms with van der Waals surface area (Å²) in [5, 5.41) is 15.2. The van der Waals surface area contributed by atoms with Crippen molar-refractivity contribution >= 4 is 11.9 Å². The minimum atomic E-state index is -0.842. The number of hydrogen-bond donors (Lipinski definition) is 3. The van der Waals surface area contributed by atoms with Crippen molar-refractivity contribution in [1.29, 1.82) is 0 Å². The van der Waals surface area contributed by atoms with Gasteiger partial charge in [-0.05, 0) is 20.3 Å². The van der Waals surface area contributed by atoms with Crippen LogP contribution in [0.1, 0.15) is 33.6 Å². The first-order valence-electron chi connectivity index (χ1n) is 6.36. The topological polar surface area (TPSA) is 87.7 Å². The summed E-state index contributed by atoms with van der Waals surface area (Å²) in [6.07, 6.45) is -0.0286. The molecule has 0 heterocycles. The van der Waals surface area contributed by atoms with Crippen molar-refractivity contribution in [3.63, 3.8) is 0 Å². The number of carbonyl (C=O) groups is 2. The third-order valence-electron chi connectivity index (χ3n) is 2.31. The first-order chi connectivity index (χ1) is 8.51. The Morgan fingerprint density at radius 2 is 2.00 bits per heavy atom. The fourth-order valence-corrected chi connectivity index (χ4v) is 1.29. The number of rotatable bonds is 9.